The summed E-state index contributed by atoms with van der Waals surface area (Å²) in [5.41, 5.74) is 4.69. The Morgan fingerprint density at radius 3 is 2.29 bits per heavy atom. The number of aryl methyl sites for hydroxylation is 2. The lowest BCUT2D eigenvalue weighted by atomic mass is 10.1. The van der Waals surface area contributed by atoms with Crippen LogP contribution in [0.3, 0.4) is 0 Å². The van der Waals surface area contributed by atoms with Crippen LogP contribution in [0.2, 0.25) is 0 Å². The van der Waals surface area contributed by atoms with E-state index in [0.717, 1.165) is 38.3 Å². The molecule has 1 heterocycles. The summed E-state index contributed by atoms with van der Waals surface area (Å²) >= 11 is 0. The molecule has 0 bridgehead atoms. The largest absolute Gasteiger partial charge is 0.368 e. The number of hydrogen-bond acceptors (Lipinski definition) is 2. The normalized spacial score (nSPS) is 14.6. The molecule has 4 heteroatoms. The molecule has 2 aromatic rings. The molecule has 0 saturated carbocycles. The zero-order valence-electron chi connectivity index (χ0n) is 14.5. The first-order valence-corrected chi connectivity index (χ1v) is 8.63. The third kappa shape index (κ3) is 3.70. The molecule has 1 saturated heterocycles. The van der Waals surface area contributed by atoms with E-state index in [1.165, 1.54) is 16.8 Å². The minimum atomic E-state index is -0.0105. The zero-order valence-corrected chi connectivity index (χ0v) is 14.5. The van der Waals surface area contributed by atoms with Gasteiger partial charge in [0.1, 0.15) is 0 Å². The number of benzene rings is 2. The Bertz CT molecular complexity index is 688. The quantitative estimate of drug-likeness (QED) is 0.929. The lowest BCUT2D eigenvalue weighted by molar-refractivity contribution is 0.208. The van der Waals surface area contributed by atoms with Gasteiger partial charge >= 0.3 is 6.03 Å². The minimum absolute atomic E-state index is 0.0105. The molecule has 1 aliphatic rings. The maximum absolute atomic E-state index is 12.4. The number of nitrogens with one attached hydrogen (secondary N) is 1. The van der Waals surface area contributed by atoms with E-state index in [-0.39, 0.29) is 6.03 Å². The molecule has 0 unspecified atom stereocenters. The number of carbonyl (C=O) groups excluding carboxylic acids is 1. The molecule has 0 aliphatic carbocycles. The van der Waals surface area contributed by atoms with Crippen LogP contribution in [0.15, 0.2) is 48.5 Å². The van der Waals surface area contributed by atoms with Crippen LogP contribution in [0.25, 0.3) is 0 Å². The molecule has 0 spiro atoms. The zero-order chi connectivity index (χ0) is 16.9. The summed E-state index contributed by atoms with van der Waals surface area (Å²) in [5, 5.41) is 3.00. The van der Waals surface area contributed by atoms with Crippen molar-refractivity contribution in [2.75, 3.05) is 36.4 Å². The van der Waals surface area contributed by atoms with Crippen LogP contribution >= 0.6 is 0 Å². The number of nitrogens with zero attached hydrogens (tertiary/aromatic N) is 2. The Labute approximate surface area is 144 Å². The number of urea groups is 1. The average molecular weight is 323 g/mol. The molecule has 1 fully saturated rings. The first-order valence-electron chi connectivity index (χ1n) is 8.63. The van der Waals surface area contributed by atoms with Crippen LogP contribution in [0.4, 0.5) is 16.2 Å². The fourth-order valence-electron chi connectivity index (χ4n) is 3.09. The van der Waals surface area contributed by atoms with E-state index in [0.29, 0.717) is 0 Å². The Morgan fingerprint density at radius 1 is 1.00 bits per heavy atom. The van der Waals surface area contributed by atoms with E-state index in [1.54, 1.807) is 0 Å². The molecular weight excluding hydrogens is 298 g/mol. The Kier molecular flexibility index (Phi) is 5.04. The molecule has 1 aliphatic heterocycles. The standard InChI is InChI=1S/C20H25N3O/c1-3-17-8-10-18(11-9-17)21-20(24)23-14-12-22(13-15-23)19-7-5-4-6-16(19)2/h4-11H,3,12-15H2,1-2H3,(H,21,24). The van der Waals surface area contributed by atoms with E-state index in [1.807, 2.05) is 17.0 Å². The summed E-state index contributed by atoms with van der Waals surface area (Å²) in [6.45, 7) is 7.48. The van der Waals surface area contributed by atoms with Gasteiger partial charge in [0.2, 0.25) is 0 Å². The maximum atomic E-state index is 12.4. The Hall–Kier alpha value is -2.49. The number of carbonyl (C=O) groups is 1. The van der Waals surface area contributed by atoms with Gasteiger partial charge in [-0.05, 0) is 42.7 Å². The topological polar surface area (TPSA) is 35.6 Å². The number of rotatable bonds is 3. The predicted molar refractivity (Wildman–Crippen MR) is 99.8 cm³/mol. The molecule has 0 radical (unpaired) electrons. The third-order valence-electron chi connectivity index (χ3n) is 4.64. The molecule has 24 heavy (non-hydrogen) atoms. The van der Waals surface area contributed by atoms with Gasteiger partial charge < -0.3 is 15.1 Å². The number of amides is 2. The highest BCUT2D eigenvalue weighted by Crippen LogP contribution is 2.21. The summed E-state index contributed by atoms with van der Waals surface area (Å²) in [6.07, 6.45) is 1.01. The number of hydrogen-bond donors (Lipinski definition) is 1. The number of para-hydroxylation sites is 1. The van der Waals surface area contributed by atoms with Gasteiger partial charge in [0, 0.05) is 37.6 Å². The van der Waals surface area contributed by atoms with Crippen molar-refractivity contribution in [3.63, 3.8) is 0 Å². The molecule has 1 N–H and O–H groups in total. The predicted octanol–water partition coefficient (Wildman–Crippen LogP) is 3.91. The molecule has 4 nitrogen and oxygen atoms in total. The van der Waals surface area contributed by atoms with Gasteiger partial charge in [-0.2, -0.15) is 0 Å². The van der Waals surface area contributed by atoms with Crippen LogP contribution in [-0.4, -0.2) is 37.1 Å². The van der Waals surface area contributed by atoms with Crippen LogP contribution in [0.1, 0.15) is 18.1 Å². The highest BCUT2D eigenvalue weighted by Gasteiger charge is 2.21. The lowest BCUT2D eigenvalue weighted by Gasteiger charge is -2.36. The van der Waals surface area contributed by atoms with Gasteiger partial charge in [-0.1, -0.05) is 37.3 Å². The van der Waals surface area contributed by atoms with Crippen molar-refractivity contribution in [3.05, 3.63) is 59.7 Å². The lowest BCUT2D eigenvalue weighted by Crippen LogP contribution is -2.50. The fraction of sp³-hybridized carbons (Fsp3) is 0.350. The molecular formula is C20H25N3O. The van der Waals surface area contributed by atoms with Crippen molar-refractivity contribution < 1.29 is 4.79 Å². The van der Waals surface area contributed by atoms with E-state index in [2.05, 4.69) is 60.5 Å². The van der Waals surface area contributed by atoms with E-state index in [4.69, 9.17) is 0 Å². The highest BCUT2D eigenvalue weighted by atomic mass is 16.2. The second kappa shape index (κ2) is 7.39. The third-order valence-corrected chi connectivity index (χ3v) is 4.64. The molecule has 0 aromatic heterocycles. The van der Waals surface area contributed by atoms with Crippen LogP contribution in [0, 0.1) is 6.92 Å². The monoisotopic (exact) mass is 323 g/mol. The van der Waals surface area contributed by atoms with Gasteiger partial charge in [-0.3, -0.25) is 0 Å². The van der Waals surface area contributed by atoms with Gasteiger partial charge in [0.15, 0.2) is 0 Å². The Balaban J connectivity index is 1.56. The van der Waals surface area contributed by atoms with Gasteiger partial charge in [-0.15, -0.1) is 0 Å². The molecule has 3 rings (SSSR count). The van der Waals surface area contributed by atoms with Crippen molar-refractivity contribution in [2.24, 2.45) is 0 Å². The Morgan fingerprint density at radius 2 is 1.67 bits per heavy atom. The van der Waals surface area contributed by atoms with Crippen molar-refractivity contribution >= 4 is 17.4 Å². The SMILES string of the molecule is CCc1ccc(NC(=O)N2CCN(c3ccccc3C)CC2)cc1. The van der Waals surface area contributed by atoms with E-state index < -0.39 is 0 Å². The van der Waals surface area contributed by atoms with Crippen LogP contribution in [-0.2, 0) is 6.42 Å². The fourth-order valence-corrected chi connectivity index (χ4v) is 3.09. The van der Waals surface area contributed by atoms with Crippen LogP contribution in [0.5, 0.6) is 0 Å². The van der Waals surface area contributed by atoms with Crippen molar-refractivity contribution in [1.82, 2.24) is 4.90 Å². The van der Waals surface area contributed by atoms with Crippen molar-refractivity contribution in [2.45, 2.75) is 20.3 Å². The van der Waals surface area contributed by atoms with Crippen molar-refractivity contribution in [3.8, 4) is 0 Å². The van der Waals surface area contributed by atoms with Gasteiger partial charge in [0.25, 0.3) is 0 Å². The summed E-state index contributed by atoms with van der Waals surface area (Å²) in [5.74, 6) is 0. The average Bonchev–Trinajstić information content (AvgIpc) is 2.63. The summed E-state index contributed by atoms with van der Waals surface area (Å²) in [4.78, 5) is 16.7. The maximum Gasteiger partial charge on any atom is 0.321 e. The second-order valence-corrected chi connectivity index (χ2v) is 6.24. The number of anilines is 2. The first kappa shape index (κ1) is 16.4. The van der Waals surface area contributed by atoms with Gasteiger partial charge in [0.05, 0.1) is 0 Å². The van der Waals surface area contributed by atoms with Crippen LogP contribution < -0.4 is 10.2 Å². The van der Waals surface area contributed by atoms with E-state index in [9.17, 15) is 4.79 Å². The number of piperazine rings is 1. The summed E-state index contributed by atoms with van der Waals surface area (Å²) < 4.78 is 0. The first-order chi connectivity index (χ1) is 11.7. The molecule has 2 amide bonds. The molecule has 126 valence electrons. The van der Waals surface area contributed by atoms with Crippen molar-refractivity contribution in [1.29, 1.82) is 0 Å². The second-order valence-electron chi connectivity index (χ2n) is 6.24. The molecule has 2 aromatic carbocycles. The smallest absolute Gasteiger partial charge is 0.321 e. The van der Waals surface area contributed by atoms with E-state index >= 15 is 0 Å². The summed E-state index contributed by atoms with van der Waals surface area (Å²) in [7, 11) is 0. The van der Waals surface area contributed by atoms with Gasteiger partial charge in [-0.25, -0.2) is 4.79 Å². The molecule has 0 atom stereocenters. The summed E-state index contributed by atoms with van der Waals surface area (Å²) in [6, 6.07) is 16.5. The highest BCUT2D eigenvalue weighted by molar-refractivity contribution is 5.89. The minimum Gasteiger partial charge on any atom is -0.368 e.